The molecule has 1 aromatic carbocycles. The van der Waals surface area contributed by atoms with Crippen LogP contribution in [-0.2, 0) is 49.3 Å². The fourth-order valence-corrected chi connectivity index (χ4v) is 7.18. The molecule has 6 amide bonds. The Hall–Kier alpha value is -4.00. The molecule has 1 aliphatic rings. The van der Waals surface area contributed by atoms with Gasteiger partial charge in [0.05, 0.1) is 18.2 Å². The molecule has 0 unspecified atom stereocenters. The molecule has 0 saturated heterocycles. The molecule has 0 radical (unpaired) electrons. The normalized spacial score (nSPS) is 17.2. The van der Waals surface area contributed by atoms with Crippen molar-refractivity contribution >= 4 is 64.4 Å². The van der Waals surface area contributed by atoms with Crippen molar-refractivity contribution in [2.45, 2.75) is 188 Å². The SMILES string of the molecule is CC(C)(C)OC[C@H](CCCC(=O)NC(=O)[C@H](Cc1cccc(I)c1)NC(=O)C1CCC(CNC(=O)OC(C)(C)C)CC1)NC(=O)N[C@@H](CCC(=O)OC(C)(C)C)C(=O)OC(C)(C)C. The molecule has 0 bridgehead atoms. The maximum absolute atomic E-state index is 13.7. The summed E-state index contributed by atoms with van der Waals surface area (Å²) in [6.45, 7) is 21.8. The Balaban J connectivity index is 2.07. The van der Waals surface area contributed by atoms with Crippen molar-refractivity contribution in [3.8, 4) is 0 Å². The van der Waals surface area contributed by atoms with Crippen molar-refractivity contribution in [3.05, 3.63) is 33.4 Å². The zero-order valence-corrected chi connectivity index (χ0v) is 41.7. The van der Waals surface area contributed by atoms with E-state index in [2.05, 4.69) is 49.2 Å². The van der Waals surface area contributed by atoms with Crippen LogP contribution in [0.3, 0.4) is 0 Å². The predicted molar refractivity (Wildman–Crippen MR) is 247 cm³/mol. The fraction of sp³-hybridized carbons (Fsp3) is 0.717. The summed E-state index contributed by atoms with van der Waals surface area (Å²) in [5.74, 6) is -2.82. The van der Waals surface area contributed by atoms with E-state index in [-0.39, 0.29) is 62.9 Å². The van der Waals surface area contributed by atoms with Gasteiger partial charge in [-0.25, -0.2) is 14.4 Å². The lowest BCUT2D eigenvalue weighted by atomic mass is 9.81. The van der Waals surface area contributed by atoms with Gasteiger partial charge in [0.25, 0.3) is 0 Å². The summed E-state index contributed by atoms with van der Waals surface area (Å²) >= 11 is 2.18. The Morgan fingerprint density at radius 1 is 0.714 bits per heavy atom. The topological polar surface area (TPSA) is 217 Å². The van der Waals surface area contributed by atoms with E-state index < -0.39 is 76.4 Å². The third-order valence-corrected chi connectivity index (χ3v) is 10.1. The number of urea groups is 1. The number of hydrogen-bond acceptors (Lipinski definition) is 11. The third kappa shape index (κ3) is 25.2. The highest BCUT2D eigenvalue weighted by Gasteiger charge is 2.32. The van der Waals surface area contributed by atoms with Crippen LogP contribution in [0.1, 0.15) is 146 Å². The lowest BCUT2D eigenvalue weighted by Crippen LogP contribution is -2.52. The summed E-state index contributed by atoms with van der Waals surface area (Å²) in [6, 6.07) is 4.08. The van der Waals surface area contributed by atoms with Crippen LogP contribution in [-0.4, -0.2) is 95.5 Å². The number of hydrogen-bond donors (Lipinski definition) is 5. The second-order valence-corrected chi connectivity index (χ2v) is 21.5. The Bertz CT molecular complexity index is 1700. The second kappa shape index (κ2) is 24.9. The molecule has 1 aromatic rings. The number of amides is 6. The Kier molecular flexibility index (Phi) is 21.8. The van der Waals surface area contributed by atoms with E-state index in [0.29, 0.717) is 19.4 Å². The standard InChI is InChI=1S/C46H74IN5O11/c1-43(2,3)60-28-33(49-41(58)51-34(40(57)62-45(7,8)9)23-24-37(54)61-44(4,5)6)17-14-18-36(53)52-39(56)35(26-30-15-13-16-32(47)25-30)50-38(55)31-21-19-29(20-22-31)27-48-42(59)63-46(10,11)12/h13,15-16,25,29,31,33-35H,14,17-24,26-28H2,1-12H3,(H,48,59)(H,50,55)(H2,49,51,58)(H,52,53,56)/t29?,31?,33-,34-,35-/m0/s1. The number of benzene rings is 1. The van der Waals surface area contributed by atoms with E-state index >= 15 is 0 Å². The molecule has 0 aliphatic heterocycles. The van der Waals surface area contributed by atoms with Gasteiger partial charge < -0.3 is 40.2 Å². The van der Waals surface area contributed by atoms with Crippen LogP contribution in [0.2, 0.25) is 0 Å². The molecule has 5 N–H and O–H groups in total. The quantitative estimate of drug-likeness (QED) is 0.0553. The van der Waals surface area contributed by atoms with Crippen LogP contribution < -0.4 is 26.6 Å². The maximum Gasteiger partial charge on any atom is 0.407 e. The maximum atomic E-state index is 13.7. The van der Waals surface area contributed by atoms with Crippen molar-refractivity contribution < 1.29 is 52.5 Å². The summed E-state index contributed by atoms with van der Waals surface area (Å²) in [7, 11) is 0. The number of alkyl carbamates (subject to hydrolysis) is 1. The molecule has 0 spiro atoms. The van der Waals surface area contributed by atoms with Crippen molar-refractivity contribution in [3.63, 3.8) is 0 Å². The number of halogens is 1. The molecule has 3 atom stereocenters. The minimum absolute atomic E-state index is 0.0597. The molecule has 2 rings (SSSR count). The van der Waals surface area contributed by atoms with Crippen LogP contribution in [0.15, 0.2) is 24.3 Å². The first-order valence-electron chi connectivity index (χ1n) is 22.0. The molecule has 0 aromatic heterocycles. The van der Waals surface area contributed by atoms with Crippen molar-refractivity contribution in [2.24, 2.45) is 11.8 Å². The van der Waals surface area contributed by atoms with Gasteiger partial charge in [-0.3, -0.25) is 24.5 Å². The number of imide groups is 1. The monoisotopic (exact) mass is 999 g/mol. The van der Waals surface area contributed by atoms with Crippen LogP contribution in [0.4, 0.5) is 9.59 Å². The zero-order valence-electron chi connectivity index (χ0n) is 39.6. The molecule has 16 nitrogen and oxygen atoms in total. The van der Waals surface area contributed by atoms with E-state index in [1.54, 1.807) is 62.3 Å². The number of carbonyl (C=O) groups is 7. The lowest BCUT2D eigenvalue weighted by Gasteiger charge is -2.29. The van der Waals surface area contributed by atoms with E-state index in [9.17, 15) is 33.6 Å². The van der Waals surface area contributed by atoms with Gasteiger partial charge in [0.2, 0.25) is 17.7 Å². The molecule has 17 heteroatoms. The van der Waals surface area contributed by atoms with Gasteiger partial charge >= 0.3 is 24.1 Å². The van der Waals surface area contributed by atoms with Crippen LogP contribution in [0.5, 0.6) is 0 Å². The largest absolute Gasteiger partial charge is 0.460 e. The first kappa shape index (κ1) is 55.1. The molecular formula is C46H74IN5O11. The van der Waals surface area contributed by atoms with Crippen molar-refractivity contribution in [1.29, 1.82) is 0 Å². The first-order chi connectivity index (χ1) is 29.0. The third-order valence-electron chi connectivity index (χ3n) is 9.44. The van der Waals surface area contributed by atoms with Gasteiger partial charge in [-0.05, 0) is 174 Å². The molecule has 1 aliphatic carbocycles. The van der Waals surface area contributed by atoms with Crippen LogP contribution >= 0.6 is 22.6 Å². The molecule has 63 heavy (non-hydrogen) atoms. The Labute approximate surface area is 388 Å². The van der Waals surface area contributed by atoms with E-state index in [0.717, 1.165) is 22.0 Å². The number of esters is 2. The number of nitrogens with one attached hydrogen (secondary N) is 5. The van der Waals surface area contributed by atoms with E-state index in [1.165, 1.54) is 0 Å². The second-order valence-electron chi connectivity index (χ2n) is 20.2. The van der Waals surface area contributed by atoms with E-state index in [4.69, 9.17) is 18.9 Å². The molecule has 0 heterocycles. The fourth-order valence-electron chi connectivity index (χ4n) is 6.57. The highest BCUT2D eigenvalue weighted by Crippen LogP contribution is 2.29. The average molecular weight is 1000 g/mol. The van der Waals surface area contributed by atoms with Crippen LogP contribution in [0, 0.1) is 15.4 Å². The molecule has 356 valence electrons. The highest BCUT2D eigenvalue weighted by atomic mass is 127. The predicted octanol–water partition coefficient (Wildman–Crippen LogP) is 6.78. The van der Waals surface area contributed by atoms with Crippen LogP contribution in [0.25, 0.3) is 0 Å². The van der Waals surface area contributed by atoms with Crippen molar-refractivity contribution in [2.75, 3.05) is 13.2 Å². The van der Waals surface area contributed by atoms with Gasteiger partial charge in [0, 0.05) is 35.3 Å². The summed E-state index contributed by atoms with van der Waals surface area (Å²) in [4.78, 5) is 91.5. The number of ether oxygens (including phenoxy) is 4. The zero-order chi connectivity index (χ0) is 47.8. The summed E-state index contributed by atoms with van der Waals surface area (Å²) in [5.41, 5.74) is -1.91. The highest BCUT2D eigenvalue weighted by molar-refractivity contribution is 14.1. The number of carbonyl (C=O) groups excluding carboxylic acids is 7. The van der Waals surface area contributed by atoms with E-state index in [1.807, 2.05) is 45.0 Å². The smallest absolute Gasteiger partial charge is 0.407 e. The summed E-state index contributed by atoms with van der Waals surface area (Å²) in [6.07, 6.45) is 2.57. The molecule has 1 saturated carbocycles. The van der Waals surface area contributed by atoms with Crippen molar-refractivity contribution in [1.82, 2.24) is 26.6 Å². The minimum Gasteiger partial charge on any atom is -0.460 e. The van der Waals surface area contributed by atoms with Gasteiger partial charge in [-0.15, -0.1) is 0 Å². The summed E-state index contributed by atoms with van der Waals surface area (Å²) < 4.78 is 23.2. The minimum atomic E-state index is -1.16. The number of rotatable bonds is 19. The molecular weight excluding hydrogens is 925 g/mol. The Morgan fingerprint density at radius 3 is 1.90 bits per heavy atom. The first-order valence-corrected chi connectivity index (χ1v) is 23.1. The molecule has 1 fully saturated rings. The lowest BCUT2D eigenvalue weighted by molar-refractivity contribution is -0.158. The Morgan fingerprint density at radius 2 is 1.33 bits per heavy atom. The average Bonchev–Trinajstić information content (AvgIpc) is 3.12. The van der Waals surface area contributed by atoms with Gasteiger partial charge in [0.15, 0.2) is 0 Å². The van der Waals surface area contributed by atoms with Gasteiger partial charge in [0.1, 0.15) is 28.9 Å². The van der Waals surface area contributed by atoms with Gasteiger partial charge in [-0.1, -0.05) is 12.1 Å². The summed E-state index contributed by atoms with van der Waals surface area (Å²) in [5, 5.41) is 13.7. The van der Waals surface area contributed by atoms with Gasteiger partial charge in [-0.2, -0.15) is 0 Å².